The van der Waals surface area contributed by atoms with Crippen molar-refractivity contribution >= 4 is 51.2 Å². The van der Waals surface area contributed by atoms with Crippen molar-refractivity contribution in [1.29, 1.82) is 0 Å². The molecule has 4 rings (SSSR count). The van der Waals surface area contributed by atoms with Crippen molar-refractivity contribution in [1.82, 2.24) is 0 Å². The molecule has 39 heavy (non-hydrogen) atoms. The molecule has 6 nitrogen and oxygen atoms in total. The number of nitrogens with zero attached hydrogens (tertiary/aromatic N) is 6. The van der Waals surface area contributed by atoms with Crippen LogP contribution in [0.2, 0.25) is 0 Å². The first kappa shape index (κ1) is 27.7. The summed E-state index contributed by atoms with van der Waals surface area (Å²) in [7, 11) is 18.8. The lowest BCUT2D eigenvalue weighted by Gasteiger charge is -2.29. The molecule has 0 atom stereocenters. The highest BCUT2D eigenvalue weighted by atomic mass is 15.2. The third-order valence-corrected chi connectivity index (χ3v) is 7.31. The van der Waals surface area contributed by atoms with Crippen LogP contribution in [-0.2, 0) is 0 Å². The number of hydrogen-bond acceptors (Lipinski definition) is 6. The molecule has 0 amide bonds. The molecule has 6 heteroatoms. The lowest BCUT2D eigenvalue weighted by molar-refractivity contribution is 1.12. The summed E-state index contributed by atoms with van der Waals surface area (Å²) in [6, 6.07) is 32.8. The van der Waals surface area contributed by atoms with Gasteiger partial charge in [-0.3, -0.25) is 0 Å². The van der Waals surface area contributed by atoms with Gasteiger partial charge in [-0.1, -0.05) is 0 Å². The van der Waals surface area contributed by atoms with Gasteiger partial charge in [0.1, 0.15) is 0 Å². The number of rotatable bonds is 9. The highest BCUT2D eigenvalue weighted by molar-refractivity contribution is 5.79. The standard InChI is InChI=1S/C33H42N6/c1-34(2)25-10-16-28(17-11-25)37(7)31-22-32(38(8)29-18-12-26(13-19-29)35(3)4)24-33(23-31)39(9)30-20-14-27(15-21-30)36(5)6/h10-24H,1-9H3. The summed E-state index contributed by atoms with van der Waals surface area (Å²) in [6.45, 7) is 0. The van der Waals surface area contributed by atoms with Gasteiger partial charge in [0.25, 0.3) is 0 Å². The van der Waals surface area contributed by atoms with Crippen molar-refractivity contribution < 1.29 is 0 Å². The largest absolute Gasteiger partial charge is 0.378 e. The van der Waals surface area contributed by atoms with E-state index in [1.165, 1.54) is 17.1 Å². The monoisotopic (exact) mass is 522 g/mol. The summed E-state index contributed by atoms with van der Waals surface area (Å²) in [4.78, 5) is 13.1. The van der Waals surface area contributed by atoms with Gasteiger partial charge in [-0.05, 0) is 91.0 Å². The predicted molar refractivity (Wildman–Crippen MR) is 173 cm³/mol. The minimum absolute atomic E-state index is 1.12. The fourth-order valence-corrected chi connectivity index (χ4v) is 4.53. The molecule has 0 aliphatic heterocycles. The Bertz CT molecular complexity index is 1180. The lowest BCUT2D eigenvalue weighted by atomic mass is 10.1. The molecule has 4 aromatic rings. The Kier molecular flexibility index (Phi) is 8.24. The van der Waals surface area contributed by atoms with Gasteiger partial charge >= 0.3 is 0 Å². The number of hydrogen-bond donors (Lipinski definition) is 0. The first-order valence-electron chi connectivity index (χ1n) is 13.2. The molecule has 0 radical (unpaired) electrons. The molecule has 0 bridgehead atoms. The lowest BCUT2D eigenvalue weighted by Crippen LogP contribution is -2.16. The highest BCUT2D eigenvalue weighted by Gasteiger charge is 2.15. The zero-order chi connectivity index (χ0) is 28.3. The van der Waals surface area contributed by atoms with Gasteiger partial charge in [0.2, 0.25) is 0 Å². The average Bonchev–Trinajstić information content (AvgIpc) is 2.95. The fourth-order valence-electron chi connectivity index (χ4n) is 4.53. The average molecular weight is 523 g/mol. The van der Waals surface area contributed by atoms with Crippen molar-refractivity contribution in [3.63, 3.8) is 0 Å². The Hall–Kier alpha value is -4.32. The second-order valence-corrected chi connectivity index (χ2v) is 10.6. The Morgan fingerprint density at radius 2 is 0.436 bits per heavy atom. The smallest absolute Gasteiger partial charge is 0.0449 e. The van der Waals surface area contributed by atoms with Crippen LogP contribution in [0.25, 0.3) is 0 Å². The Morgan fingerprint density at radius 3 is 0.615 bits per heavy atom. The normalized spacial score (nSPS) is 10.7. The van der Waals surface area contributed by atoms with Crippen molar-refractivity contribution in [2.75, 3.05) is 92.8 Å². The summed E-state index contributed by atoms with van der Waals surface area (Å²) >= 11 is 0. The topological polar surface area (TPSA) is 19.4 Å². The summed E-state index contributed by atoms with van der Waals surface area (Å²) in [5.74, 6) is 0. The van der Waals surface area contributed by atoms with Crippen LogP contribution in [0.4, 0.5) is 51.2 Å². The molecule has 0 aromatic heterocycles. The van der Waals surface area contributed by atoms with Gasteiger partial charge in [0.15, 0.2) is 0 Å². The molecule has 4 aromatic carbocycles. The molecule has 0 fully saturated rings. The van der Waals surface area contributed by atoms with Crippen molar-refractivity contribution in [3.05, 3.63) is 91.0 Å². The van der Waals surface area contributed by atoms with Gasteiger partial charge in [-0.2, -0.15) is 0 Å². The van der Waals surface area contributed by atoms with Gasteiger partial charge in [-0.25, -0.2) is 0 Å². The maximum Gasteiger partial charge on any atom is 0.0449 e. The van der Waals surface area contributed by atoms with Crippen molar-refractivity contribution in [2.45, 2.75) is 0 Å². The van der Waals surface area contributed by atoms with E-state index in [9.17, 15) is 0 Å². The van der Waals surface area contributed by atoms with Crippen molar-refractivity contribution in [2.24, 2.45) is 0 Å². The van der Waals surface area contributed by atoms with Crippen LogP contribution in [0, 0.1) is 0 Å². The molecule has 204 valence electrons. The second-order valence-electron chi connectivity index (χ2n) is 10.6. The zero-order valence-electron chi connectivity index (χ0n) is 24.8. The SMILES string of the molecule is CN(C)c1ccc(N(C)c2cc(N(C)c3ccc(N(C)C)cc3)cc(N(C)c3ccc(N(C)C)cc3)c2)cc1. The first-order chi connectivity index (χ1) is 18.5. The van der Waals surface area contributed by atoms with E-state index in [1.807, 2.05) is 0 Å². The third-order valence-electron chi connectivity index (χ3n) is 7.31. The van der Waals surface area contributed by atoms with Crippen LogP contribution in [0.3, 0.4) is 0 Å². The van der Waals surface area contributed by atoms with Crippen LogP contribution in [0.15, 0.2) is 91.0 Å². The summed E-state index contributed by atoms with van der Waals surface area (Å²) in [5, 5.41) is 0. The van der Waals surface area contributed by atoms with E-state index >= 15 is 0 Å². The van der Waals surface area contributed by atoms with Gasteiger partial charge in [0, 0.05) is 115 Å². The third kappa shape index (κ3) is 6.23. The Balaban J connectivity index is 1.75. The first-order valence-corrected chi connectivity index (χ1v) is 13.2. The Morgan fingerprint density at radius 1 is 0.256 bits per heavy atom. The van der Waals surface area contributed by atoms with E-state index in [4.69, 9.17) is 0 Å². The highest BCUT2D eigenvalue weighted by Crippen LogP contribution is 2.37. The maximum absolute atomic E-state index is 2.26. The quantitative estimate of drug-likeness (QED) is 0.230. The molecule has 0 saturated heterocycles. The Labute approximate surface area is 234 Å². The van der Waals surface area contributed by atoms with E-state index in [1.54, 1.807) is 0 Å². The van der Waals surface area contributed by atoms with Crippen LogP contribution in [0.5, 0.6) is 0 Å². The molecular weight excluding hydrogens is 480 g/mol. The zero-order valence-corrected chi connectivity index (χ0v) is 24.8. The molecule has 0 N–H and O–H groups in total. The molecule has 0 aliphatic carbocycles. The molecule has 0 unspecified atom stereocenters. The van der Waals surface area contributed by atoms with Gasteiger partial charge in [0.05, 0.1) is 0 Å². The van der Waals surface area contributed by atoms with Crippen LogP contribution >= 0.6 is 0 Å². The van der Waals surface area contributed by atoms with Crippen LogP contribution in [-0.4, -0.2) is 63.4 Å². The maximum atomic E-state index is 2.26. The van der Waals surface area contributed by atoms with E-state index < -0.39 is 0 Å². The summed E-state index contributed by atoms with van der Waals surface area (Å²) in [6.07, 6.45) is 0. The summed E-state index contributed by atoms with van der Waals surface area (Å²) in [5.41, 5.74) is 10.3. The van der Waals surface area contributed by atoms with E-state index in [2.05, 4.69) is 184 Å². The number of benzene rings is 4. The fraction of sp³-hybridized carbons (Fsp3) is 0.273. The molecule has 0 heterocycles. The van der Waals surface area contributed by atoms with Crippen LogP contribution < -0.4 is 29.4 Å². The van der Waals surface area contributed by atoms with E-state index in [-0.39, 0.29) is 0 Å². The van der Waals surface area contributed by atoms with Gasteiger partial charge < -0.3 is 29.4 Å². The molecule has 0 spiro atoms. The number of anilines is 9. The second kappa shape index (κ2) is 11.6. The summed E-state index contributed by atoms with van der Waals surface area (Å²) < 4.78 is 0. The van der Waals surface area contributed by atoms with Crippen LogP contribution in [0.1, 0.15) is 0 Å². The molecule has 0 saturated carbocycles. The minimum Gasteiger partial charge on any atom is -0.378 e. The van der Waals surface area contributed by atoms with E-state index in [0.717, 1.165) is 34.1 Å². The van der Waals surface area contributed by atoms with Gasteiger partial charge in [-0.15, -0.1) is 0 Å². The predicted octanol–water partition coefficient (Wildman–Crippen LogP) is 7.19. The van der Waals surface area contributed by atoms with E-state index in [0.29, 0.717) is 0 Å². The molecular formula is C33H42N6. The van der Waals surface area contributed by atoms with Crippen molar-refractivity contribution in [3.8, 4) is 0 Å². The molecule has 0 aliphatic rings. The minimum atomic E-state index is 1.12.